The van der Waals surface area contributed by atoms with Crippen molar-refractivity contribution in [3.05, 3.63) is 29.3 Å². The highest BCUT2D eigenvalue weighted by molar-refractivity contribution is 5.94. The number of benzene rings is 1. The van der Waals surface area contributed by atoms with Crippen LogP contribution >= 0.6 is 0 Å². The van der Waals surface area contributed by atoms with Crippen molar-refractivity contribution in [2.24, 2.45) is 0 Å². The van der Waals surface area contributed by atoms with E-state index in [-0.39, 0.29) is 5.56 Å². The number of phenols is 1. The normalized spacial score (nSPS) is 11.3. The molecule has 1 amide bonds. The summed E-state index contributed by atoms with van der Waals surface area (Å²) in [4.78, 5) is 12.6. The van der Waals surface area contributed by atoms with Crippen molar-refractivity contribution in [3.8, 4) is 5.75 Å². The van der Waals surface area contributed by atoms with Crippen LogP contribution in [-0.4, -0.2) is 30.0 Å². The van der Waals surface area contributed by atoms with E-state index in [1.165, 1.54) is 14.1 Å². The van der Waals surface area contributed by atoms with Crippen LogP contribution in [-0.2, 0) is 6.18 Å². The Balaban J connectivity index is 3.24. The van der Waals surface area contributed by atoms with Gasteiger partial charge in [0.15, 0.2) is 0 Å². The van der Waals surface area contributed by atoms with Gasteiger partial charge in [-0.15, -0.1) is 0 Å². The molecule has 0 aliphatic heterocycles. The first kappa shape index (κ1) is 12.4. The number of amides is 1. The van der Waals surface area contributed by atoms with Gasteiger partial charge in [-0.3, -0.25) is 4.79 Å². The predicted molar refractivity (Wildman–Crippen MR) is 51.1 cm³/mol. The minimum atomic E-state index is -4.58. The Morgan fingerprint density at radius 2 is 1.81 bits per heavy atom. The molecule has 1 aromatic carbocycles. The van der Waals surface area contributed by atoms with Crippen LogP contribution < -0.4 is 0 Å². The minimum Gasteiger partial charge on any atom is -0.508 e. The Bertz CT molecular complexity index is 413. The molecule has 0 aliphatic rings. The first-order valence-corrected chi connectivity index (χ1v) is 4.34. The minimum absolute atomic E-state index is 0.197. The van der Waals surface area contributed by atoms with E-state index >= 15 is 0 Å². The Morgan fingerprint density at radius 3 is 2.25 bits per heavy atom. The number of phenolic OH excluding ortho intramolecular Hbond substituents is 1. The Hall–Kier alpha value is -1.72. The molecule has 0 saturated carbocycles. The lowest BCUT2D eigenvalue weighted by Gasteiger charge is -2.13. The summed E-state index contributed by atoms with van der Waals surface area (Å²) in [6, 6.07) is 2.28. The number of aromatic hydroxyl groups is 1. The molecule has 0 fully saturated rings. The highest BCUT2D eigenvalue weighted by atomic mass is 19.4. The summed E-state index contributed by atoms with van der Waals surface area (Å²) >= 11 is 0. The number of carbonyl (C=O) groups is 1. The molecule has 0 spiro atoms. The lowest BCUT2D eigenvalue weighted by Crippen LogP contribution is -2.22. The second kappa shape index (κ2) is 4.03. The third-order valence-corrected chi connectivity index (χ3v) is 1.90. The molecule has 0 saturated heterocycles. The van der Waals surface area contributed by atoms with E-state index in [1.54, 1.807) is 0 Å². The van der Waals surface area contributed by atoms with Crippen LogP contribution in [0.25, 0.3) is 0 Å². The van der Waals surface area contributed by atoms with Gasteiger partial charge in [-0.1, -0.05) is 0 Å². The number of hydrogen-bond donors (Lipinski definition) is 1. The van der Waals surface area contributed by atoms with Crippen LogP contribution in [0.15, 0.2) is 18.2 Å². The van der Waals surface area contributed by atoms with Crippen molar-refractivity contribution in [2.45, 2.75) is 6.18 Å². The van der Waals surface area contributed by atoms with Gasteiger partial charge in [0.1, 0.15) is 5.75 Å². The first-order chi connectivity index (χ1) is 7.21. The van der Waals surface area contributed by atoms with E-state index in [4.69, 9.17) is 5.11 Å². The molecule has 0 aromatic heterocycles. The van der Waals surface area contributed by atoms with Crippen LogP contribution in [0.5, 0.6) is 5.75 Å². The van der Waals surface area contributed by atoms with Crippen molar-refractivity contribution in [2.75, 3.05) is 14.1 Å². The van der Waals surface area contributed by atoms with Gasteiger partial charge in [-0.05, 0) is 18.2 Å². The van der Waals surface area contributed by atoms with Crippen LogP contribution in [0.3, 0.4) is 0 Å². The zero-order chi connectivity index (χ0) is 12.5. The molecule has 6 heteroatoms. The SMILES string of the molecule is CN(C)C(=O)c1cc(O)cc(C(F)(F)F)c1. The Kier molecular flexibility index (Phi) is 3.11. The Morgan fingerprint density at radius 1 is 1.25 bits per heavy atom. The molecule has 0 heterocycles. The fourth-order valence-electron chi connectivity index (χ4n) is 1.16. The molecule has 1 rings (SSSR count). The summed E-state index contributed by atoms with van der Waals surface area (Å²) in [5.41, 5.74) is -1.24. The number of nitrogens with zero attached hydrogens (tertiary/aromatic N) is 1. The quantitative estimate of drug-likeness (QED) is 0.807. The standard InChI is InChI=1S/C10H10F3NO2/c1-14(2)9(16)6-3-7(10(11,12)13)5-8(15)4-6/h3-5,15H,1-2H3. The topological polar surface area (TPSA) is 40.5 Å². The molecule has 1 aromatic rings. The number of hydrogen-bond acceptors (Lipinski definition) is 2. The van der Waals surface area contributed by atoms with Gasteiger partial charge in [0.05, 0.1) is 5.56 Å². The van der Waals surface area contributed by atoms with E-state index < -0.39 is 23.4 Å². The van der Waals surface area contributed by atoms with E-state index in [2.05, 4.69) is 0 Å². The van der Waals surface area contributed by atoms with Crippen molar-refractivity contribution in [3.63, 3.8) is 0 Å². The van der Waals surface area contributed by atoms with E-state index in [1.807, 2.05) is 0 Å². The maximum absolute atomic E-state index is 12.4. The van der Waals surface area contributed by atoms with Crippen molar-refractivity contribution in [1.82, 2.24) is 4.90 Å². The molecule has 3 nitrogen and oxygen atoms in total. The van der Waals surface area contributed by atoms with Gasteiger partial charge in [0, 0.05) is 19.7 Å². The summed E-state index contributed by atoms with van der Waals surface area (Å²) in [7, 11) is 2.83. The molecule has 16 heavy (non-hydrogen) atoms. The average Bonchev–Trinajstić information content (AvgIpc) is 2.14. The van der Waals surface area contributed by atoms with Crippen molar-refractivity contribution in [1.29, 1.82) is 0 Å². The lowest BCUT2D eigenvalue weighted by atomic mass is 10.1. The smallest absolute Gasteiger partial charge is 0.416 e. The van der Waals surface area contributed by atoms with Crippen molar-refractivity contribution < 1.29 is 23.1 Å². The second-order valence-electron chi connectivity index (χ2n) is 3.47. The molecule has 0 aliphatic carbocycles. The van der Waals surface area contributed by atoms with Crippen LogP contribution in [0, 0.1) is 0 Å². The number of rotatable bonds is 1. The molecular formula is C10H10F3NO2. The number of carbonyl (C=O) groups excluding carboxylic acids is 1. The van der Waals surface area contributed by atoms with Gasteiger partial charge in [0.25, 0.3) is 5.91 Å². The van der Waals surface area contributed by atoms with Gasteiger partial charge in [0.2, 0.25) is 0 Å². The fourth-order valence-corrected chi connectivity index (χ4v) is 1.16. The predicted octanol–water partition coefficient (Wildman–Crippen LogP) is 2.11. The molecule has 1 N–H and O–H groups in total. The largest absolute Gasteiger partial charge is 0.508 e. The maximum atomic E-state index is 12.4. The maximum Gasteiger partial charge on any atom is 0.416 e. The van der Waals surface area contributed by atoms with Crippen LogP contribution in [0.4, 0.5) is 13.2 Å². The second-order valence-corrected chi connectivity index (χ2v) is 3.47. The summed E-state index contributed by atoms with van der Waals surface area (Å²) in [6.07, 6.45) is -4.58. The van der Waals surface area contributed by atoms with Gasteiger partial charge < -0.3 is 10.0 Å². The van der Waals surface area contributed by atoms with Gasteiger partial charge in [-0.25, -0.2) is 0 Å². The molecule has 0 atom stereocenters. The van der Waals surface area contributed by atoms with E-state index in [9.17, 15) is 18.0 Å². The number of alkyl halides is 3. The summed E-state index contributed by atoms with van der Waals surface area (Å²) < 4.78 is 37.1. The van der Waals surface area contributed by atoms with Crippen molar-refractivity contribution >= 4 is 5.91 Å². The molecule has 0 unspecified atom stereocenters. The van der Waals surface area contributed by atoms with E-state index in [0.717, 1.165) is 11.0 Å². The third kappa shape index (κ3) is 2.65. The summed E-state index contributed by atoms with van der Waals surface area (Å²) in [6.45, 7) is 0. The molecule has 0 bridgehead atoms. The zero-order valence-electron chi connectivity index (χ0n) is 8.67. The van der Waals surface area contributed by atoms with Gasteiger partial charge >= 0.3 is 6.18 Å². The summed E-state index contributed by atoms with van der Waals surface area (Å²) in [5, 5.41) is 9.12. The highest BCUT2D eigenvalue weighted by Crippen LogP contribution is 2.32. The van der Waals surface area contributed by atoms with Crippen LogP contribution in [0.1, 0.15) is 15.9 Å². The Labute approximate surface area is 90.1 Å². The zero-order valence-corrected chi connectivity index (χ0v) is 8.67. The molecule has 0 radical (unpaired) electrons. The van der Waals surface area contributed by atoms with E-state index in [0.29, 0.717) is 12.1 Å². The third-order valence-electron chi connectivity index (χ3n) is 1.90. The van der Waals surface area contributed by atoms with Crippen LogP contribution in [0.2, 0.25) is 0 Å². The lowest BCUT2D eigenvalue weighted by molar-refractivity contribution is -0.137. The fraction of sp³-hybridized carbons (Fsp3) is 0.300. The first-order valence-electron chi connectivity index (χ1n) is 4.34. The molecular weight excluding hydrogens is 223 g/mol. The summed E-state index contributed by atoms with van der Waals surface area (Å²) in [5.74, 6) is -1.18. The molecule has 88 valence electrons. The highest BCUT2D eigenvalue weighted by Gasteiger charge is 2.32. The monoisotopic (exact) mass is 233 g/mol. The van der Waals surface area contributed by atoms with Gasteiger partial charge in [-0.2, -0.15) is 13.2 Å². The average molecular weight is 233 g/mol. The number of halogens is 3.